The van der Waals surface area contributed by atoms with Gasteiger partial charge in [0.1, 0.15) is 5.75 Å². The fraction of sp³-hybridized carbons (Fsp3) is 0.375. The molecule has 1 aliphatic rings. The Bertz CT molecular complexity index is 622. The molecular weight excluding hydrogens is 290 g/mol. The van der Waals surface area contributed by atoms with Crippen LogP contribution in [0.4, 0.5) is 5.69 Å². The number of halogens is 1. The number of carbonyl (C=O) groups excluding carboxylic acids is 2. The van der Waals surface area contributed by atoms with Gasteiger partial charge in [0.15, 0.2) is 11.4 Å². The number of ether oxygens (including phenoxy) is 1. The van der Waals surface area contributed by atoms with Crippen molar-refractivity contribution in [2.45, 2.75) is 26.4 Å². The Hall–Kier alpha value is -1.81. The molecule has 0 aliphatic carbocycles. The van der Waals surface area contributed by atoms with Gasteiger partial charge < -0.3 is 9.64 Å². The van der Waals surface area contributed by atoms with Gasteiger partial charge >= 0.3 is 0 Å². The van der Waals surface area contributed by atoms with Crippen LogP contribution >= 0.6 is 11.6 Å². The van der Waals surface area contributed by atoms with E-state index in [0.717, 1.165) is 5.57 Å². The largest absolute Gasteiger partial charge is 0.476 e. The number of ketones is 1. The Morgan fingerprint density at radius 3 is 2.67 bits per heavy atom. The van der Waals surface area contributed by atoms with Crippen LogP contribution in [0.5, 0.6) is 5.75 Å². The van der Waals surface area contributed by atoms with Crippen molar-refractivity contribution in [3.8, 4) is 5.75 Å². The lowest BCUT2D eigenvalue weighted by molar-refractivity contribution is -0.132. The van der Waals surface area contributed by atoms with E-state index in [-0.39, 0.29) is 17.6 Å². The van der Waals surface area contributed by atoms with E-state index in [4.69, 9.17) is 16.3 Å². The number of amides is 1. The number of hydrogen-bond acceptors (Lipinski definition) is 3. The van der Waals surface area contributed by atoms with Gasteiger partial charge in [0, 0.05) is 12.1 Å². The van der Waals surface area contributed by atoms with Crippen LogP contribution in [0.25, 0.3) is 0 Å². The molecule has 112 valence electrons. The third-order valence-corrected chi connectivity index (χ3v) is 3.49. The van der Waals surface area contributed by atoms with Crippen molar-refractivity contribution in [1.82, 2.24) is 0 Å². The van der Waals surface area contributed by atoms with E-state index in [9.17, 15) is 9.59 Å². The molecule has 0 N–H and O–H groups in total. The molecule has 1 amide bonds. The molecule has 0 bridgehead atoms. The molecule has 1 aliphatic heterocycles. The number of fused-ring (bicyclic) bond motifs is 1. The SMILES string of the molecule is C=C(C)CN1C(=O)C(C)(C)Oc2ccc(C(=O)CCl)cc21. The van der Waals surface area contributed by atoms with Crippen LogP contribution in [0.2, 0.25) is 0 Å². The van der Waals surface area contributed by atoms with Gasteiger partial charge in [-0.15, -0.1) is 11.6 Å². The Balaban J connectivity index is 2.53. The minimum Gasteiger partial charge on any atom is -0.476 e. The molecule has 4 nitrogen and oxygen atoms in total. The quantitative estimate of drug-likeness (QED) is 0.487. The van der Waals surface area contributed by atoms with Crippen LogP contribution in [0.3, 0.4) is 0 Å². The summed E-state index contributed by atoms with van der Waals surface area (Å²) in [5, 5.41) is 0. The predicted octanol–water partition coefficient (Wildman–Crippen LogP) is 3.19. The summed E-state index contributed by atoms with van der Waals surface area (Å²) in [6.07, 6.45) is 0. The Labute approximate surface area is 129 Å². The maximum atomic E-state index is 12.5. The second kappa shape index (κ2) is 5.53. The highest BCUT2D eigenvalue weighted by Gasteiger charge is 2.40. The van der Waals surface area contributed by atoms with Crippen molar-refractivity contribution >= 4 is 29.0 Å². The topological polar surface area (TPSA) is 46.6 Å². The summed E-state index contributed by atoms with van der Waals surface area (Å²) >= 11 is 5.59. The van der Waals surface area contributed by atoms with Crippen LogP contribution in [-0.2, 0) is 4.79 Å². The van der Waals surface area contributed by atoms with Gasteiger partial charge in [-0.1, -0.05) is 12.2 Å². The van der Waals surface area contributed by atoms with Crippen LogP contribution in [-0.4, -0.2) is 29.7 Å². The van der Waals surface area contributed by atoms with E-state index in [1.54, 1.807) is 36.9 Å². The molecule has 0 fully saturated rings. The summed E-state index contributed by atoms with van der Waals surface area (Å²) in [7, 11) is 0. The fourth-order valence-corrected chi connectivity index (χ4v) is 2.40. The third-order valence-electron chi connectivity index (χ3n) is 3.25. The molecule has 0 aromatic heterocycles. The van der Waals surface area contributed by atoms with Crippen LogP contribution in [0, 0.1) is 0 Å². The zero-order chi connectivity index (χ0) is 15.8. The third kappa shape index (κ3) is 2.95. The van der Waals surface area contributed by atoms with E-state index in [2.05, 4.69) is 6.58 Å². The van der Waals surface area contributed by atoms with Gasteiger partial charge in [0.25, 0.3) is 5.91 Å². The maximum Gasteiger partial charge on any atom is 0.270 e. The number of benzene rings is 1. The van der Waals surface area contributed by atoms with Crippen LogP contribution < -0.4 is 9.64 Å². The Kier molecular flexibility index (Phi) is 4.10. The number of nitrogens with zero attached hydrogens (tertiary/aromatic N) is 1. The van der Waals surface area contributed by atoms with Crippen molar-refractivity contribution in [2.75, 3.05) is 17.3 Å². The van der Waals surface area contributed by atoms with Crippen molar-refractivity contribution < 1.29 is 14.3 Å². The molecule has 0 saturated heterocycles. The van der Waals surface area contributed by atoms with E-state index in [1.165, 1.54) is 0 Å². The first-order valence-corrected chi connectivity index (χ1v) is 7.18. The monoisotopic (exact) mass is 307 g/mol. The molecule has 0 saturated carbocycles. The molecule has 1 aromatic carbocycles. The van der Waals surface area contributed by atoms with E-state index >= 15 is 0 Å². The second-order valence-corrected chi connectivity index (χ2v) is 5.97. The summed E-state index contributed by atoms with van der Waals surface area (Å²) in [5.74, 6) is 0.131. The summed E-state index contributed by atoms with van der Waals surface area (Å²) in [6.45, 7) is 9.54. The summed E-state index contributed by atoms with van der Waals surface area (Å²) < 4.78 is 5.75. The van der Waals surface area contributed by atoms with Gasteiger partial charge in [-0.2, -0.15) is 0 Å². The fourth-order valence-electron chi connectivity index (χ4n) is 2.25. The normalized spacial score (nSPS) is 16.2. The first kappa shape index (κ1) is 15.6. The molecule has 0 spiro atoms. The maximum absolute atomic E-state index is 12.5. The Morgan fingerprint density at radius 1 is 1.43 bits per heavy atom. The van der Waals surface area contributed by atoms with Gasteiger partial charge in [-0.3, -0.25) is 9.59 Å². The molecule has 0 radical (unpaired) electrons. The highest BCUT2D eigenvalue weighted by Crippen LogP contribution is 2.38. The molecule has 2 rings (SSSR count). The van der Waals surface area contributed by atoms with Crippen molar-refractivity contribution in [2.24, 2.45) is 0 Å². The van der Waals surface area contributed by atoms with E-state index < -0.39 is 5.60 Å². The van der Waals surface area contributed by atoms with Gasteiger partial charge in [-0.25, -0.2) is 0 Å². The lowest BCUT2D eigenvalue weighted by Crippen LogP contribution is -2.53. The lowest BCUT2D eigenvalue weighted by atomic mass is 10.0. The highest BCUT2D eigenvalue weighted by atomic mass is 35.5. The molecular formula is C16H18ClNO3. The number of rotatable bonds is 4. The number of hydrogen-bond donors (Lipinski definition) is 0. The predicted molar refractivity (Wildman–Crippen MR) is 83.4 cm³/mol. The number of Topliss-reactive ketones (excluding diaryl/α,β-unsaturated/α-hetero) is 1. The molecule has 1 heterocycles. The summed E-state index contributed by atoms with van der Waals surface area (Å²) in [4.78, 5) is 25.9. The average Bonchev–Trinajstić information content (AvgIpc) is 2.42. The first-order valence-electron chi connectivity index (χ1n) is 6.65. The summed E-state index contributed by atoms with van der Waals surface area (Å²) in [5.41, 5.74) is 0.950. The zero-order valence-corrected chi connectivity index (χ0v) is 13.2. The highest BCUT2D eigenvalue weighted by molar-refractivity contribution is 6.30. The minimum absolute atomic E-state index is 0.0976. The van der Waals surface area contributed by atoms with Gasteiger partial charge in [0.2, 0.25) is 0 Å². The van der Waals surface area contributed by atoms with Crippen molar-refractivity contribution in [3.63, 3.8) is 0 Å². The van der Waals surface area contributed by atoms with Crippen molar-refractivity contribution in [3.05, 3.63) is 35.9 Å². The van der Waals surface area contributed by atoms with Crippen molar-refractivity contribution in [1.29, 1.82) is 0 Å². The number of anilines is 1. The average molecular weight is 308 g/mol. The first-order chi connectivity index (χ1) is 9.76. The second-order valence-electron chi connectivity index (χ2n) is 5.70. The molecule has 5 heteroatoms. The molecule has 0 atom stereocenters. The minimum atomic E-state index is -0.944. The smallest absolute Gasteiger partial charge is 0.270 e. The van der Waals surface area contributed by atoms with Crippen LogP contribution in [0.1, 0.15) is 31.1 Å². The standard InChI is InChI=1S/C16H18ClNO3/c1-10(2)9-18-12-7-11(13(19)8-17)5-6-14(12)21-16(3,4)15(18)20/h5-7H,1,8-9H2,2-4H3. The van der Waals surface area contributed by atoms with Crippen LogP contribution in [0.15, 0.2) is 30.4 Å². The van der Waals surface area contributed by atoms with Gasteiger partial charge in [-0.05, 0) is 39.0 Å². The number of carbonyl (C=O) groups is 2. The lowest BCUT2D eigenvalue weighted by Gasteiger charge is -2.39. The summed E-state index contributed by atoms with van der Waals surface area (Å²) in [6, 6.07) is 5.01. The zero-order valence-electron chi connectivity index (χ0n) is 12.4. The van der Waals surface area contributed by atoms with E-state index in [0.29, 0.717) is 23.5 Å². The number of alkyl halides is 1. The Morgan fingerprint density at radius 2 is 2.10 bits per heavy atom. The molecule has 0 unspecified atom stereocenters. The molecule has 1 aromatic rings. The van der Waals surface area contributed by atoms with E-state index in [1.807, 2.05) is 6.92 Å². The van der Waals surface area contributed by atoms with Gasteiger partial charge in [0.05, 0.1) is 11.6 Å². The molecule has 21 heavy (non-hydrogen) atoms.